The third-order valence-electron chi connectivity index (χ3n) is 3.78. The Morgan fingerprint density at radius 3 is 2.82 bits per heavy atom. The second-order valence-corrected chi connectivity index (χ2v) is 7.08. The van der Waals surface area contributed by atoms with Gasteiger partial charge >= 0.3 is 13.5 Å². The highest BCUT2D eigenvalue weighted by Gasteiger charge is 2.46. The van der Waals surface area contributed by atoms with Crippen molar-refractivity contribution < 1.29 is 23.2 Å². The van der Waals surface area contributed by atoms with Gasteiger partial charge in [0.05, 0.1) is 6.61 Å². The van der Waals surface area contributed by atoms with Crippen molar-refractivity contribution >= 4 is 7.82 Å². The van der Waals surface area contributed by atoms with Gasteiger partial charge in [0.2, 0.25) is 0 Å². The maximum Gasteiger partial charge on any atom is 0.472 e. The Balaban J connectivity index is 1.90. The summed E-state index contributed by atoms with van der Waals surface area (Å²) in [6.07, 6.45) is -0.148. The van der Waals surface area contributed by atoms with Crippen LogP contribution in [0.3, 0.4) is 0 Å². The molecule has 9 nitrogen and oxygen atoms in total. The number of phosphoric acid groups is 1. The summed E-state index contributed by atoms with van der Waals surface area (Å²) in [7, 11) is -4.04. The third kappa shape index (κ3) is 2.82. The van der Waals surface area contributed by atoms with Crippen LogP contribution in [0.25, 0.3) is 0 Å². The van der Waals surface area contributed by atoms with Crippen molar-refractivity contribution in [2.24, 2.45) is 0 Å². The summed E-state index contributed by atoms with van der Waals surface area (Å²) >= 11 is 0. The van der Waals surface area contributed by atoms with Gasteiger partial charge in [-0.3, -0.25) is 23.4 Å². The predicted octanol–water partition coefficient (Wildman–Crippen LogP) is 0.463. The molecule has 0 spiro atoms. The van der Waals surface area contributed by atoms with Crippen LogP contribution in [0.15, 0.2) is 15.8 Å². The van der Waals surface area contributed by atoms with Crippen LogP contribution in [0, 0.1) is 0 Å². The van der Waals surface area contributed by atoms with Crippen LogP contribution >= 0.6 is 7.82 Å². The van der Waals surface area contributed by atoms with E-state index in [2.05, 4.69) is 4.98 Å². The fraction of sp³-hybridized carbons (Fsp3) is 0.667. The van der Waals surface area contributed by atoms with Gasteiger partial charge in [0.1, 0.15) is 18.4 Å². The van der Waals surface area contributed by atoms with Crippen LogP contribution < -0.4 is 11.2 Å². The highest BCUT2D eigenvalue weighted by molar-refractivity contribution is 7.47. The Morgan fingerprint density at radius 1 is 1.41 bits per heavy atom. The van der Waals surface area contributed by atoms with Gasteiger partial charge in [-0.25, -0.2) is 9.36 Å². The lowest BCUT2D eigenvalue weighted by Gasteiger charge is -2.26. The van der Waals surface area contributed by atoms with Gasteiger partial charge < -0.3 is 9.63 Å². The monoisotopic (exact) mass is 332 g/mol. The first-order valence-electron chi connectivity index (χ1n) is 6.93. The Labute approximate surface area is 125 Å². The zero-order chi connectivity index (χ0) is 16.1. The molecule has 4 atom stereocenters. The molecule has 10 heteroatoms. The smallest absolute Gasteiger partial charge is 0.349 e. The molecule has 1 aromatic heterocycles. The molecule has 2 saturated heterocycles. The third-order valence-corrected chi connectivity index (χ3v) is 4.79. The van der Waals surface area contributed by atoms with Gasteiger partial charge in [-0.15, -0.1) is 0 Å². The van der Waals surface area contributed by atoms with E-state index in [0.29, 0.717) is 5.56 Å². The number of nitrogens with zero attached hydrogens (tertiary/aromatic N) is 1. The second-order valence-electron chi connectivity index (χ2n) is 5.68. The molecule has 2 aliphatic rings. The molecule has 2 aliphatic heterocycles. The van der Waals surface area contributed by atoms with Crippen molar-refractivity contribution in [1.29, 1.82) is 0 Å². The van der Waals surface area contributed by atoms with E-state index in [4.69, 9.17) is 13.8 Å². The molecule has 0 bridgehead atoms. The van der Waals surface area contributed by atoms with E-state index < -0.39 is 37.5 Å². The van der Waals surface area contributed by atoms with Crippen LogP contribution in [0.1, 0.15) is 38.0 Å². The van der Waals surface area contributed by atoms with Crippen LogP contribution in [-0.4, -0.2) is 33.3 Å². The topological polar surface area (TPSA) is 120 Å². The Kier molecular flexibility index (Phi) is 3.86. The molecule has 2 N–H and O–H groups in total. The maximum absolute atomic E-state index is 12.0. The molecule has 0 saturated carbocycles. The van der Waals surface area contributed by atoms with Gasteiger partial charge in [0.25, 0.3) is 5.56 Å². The molecular weight excluding hydrogens is 315 g/mol. The second kappa shape index (κ2) is 5.43. The van der Waals surface area contributed by atoms with Gasteiger partial charge in [-0.05, 0) is 5.92 Å². The number of fused-ring (bicyclic) bond motifs is 1. The maximum atomic E-state index is 12.0. The number of rotatable bonds is 2. The quantitative estimate of drug-likeness (QED) is 0.755. The van der Waals surface area contributed by atoms with Gasteiger partial charge in [-0.1, -0.05) is 13.8 Å². The number of hydrogen-bond acceptors (Lipinski definition) is 6. The van der Waals surface area contributed by atoms with Gasteiger partial charge in [0, 0.05) is 18.2 Å². The van der Waals surface area contributed by atoms with E-state index in [-0.39, 0.29) is 18.9 Å². The number of H-pyrrole nitrogens is 1. The minimum Gasteiger partial charge on any atom is -0.349 e. The minimum atomic E-state index is -4.04. The molecule has 0 radical (unpaired) electrons. The SMILES string of the molecule is CC(C)c1cn([C@H]2C[C@@H]3OP(=O)(O)OC[C@H]3O2)c(=O)[nH]c1=O. The molecule has 0 amide bonds. The Bertz CT molecular complexity index is 740. The van der Waals surface area contributed by atoms with Crippen LogP contribution in [0.4, 0.5) is 0 Å². The standard InChI is InChI=1S/C12H17N2O7P/c1-6(2)7-4-14(12(16)13-11(7)15)10-3-8-9(20-10)5-19-22(17,18)21-8/h4,6,8-10H,3,5H2,1-2H3,(H,17,18)(H,13,15,16)/t8-,9+,10+/m0/s1. The van der Waals surface area contributed by atoms with Crippen molar-refractivity contribution in [2.75, 3.05) is 6.61 Å². The molecule has 0 aliphatic carbocycles. The first-order chi connectivity index (χ1) is 10.3. The molecule has 3 rings (SSSR count). The first kappa shape index (κ1) is 15.6. The number of aromatic amines is 1. The van der Waals surface area contributed by atoms with Crippen molar-refractivity contribution in [3.63, 3.8) is 0 Å². The van der Waals surface area contributed by atoms with E-state index in [9.17, 15) is 19.0 Å². The summed E-state index contributed by atoms with van der Waals surface area (Å²) in [5, 5.41) is 0. The Hall–Kier alpha value is -1.25. The molecular formula is C12H17N2O7P. The number of ether oxygens (including phenoxy) is 1. The number of nitrogens with one attached hydrogen (secondary N) is 1. The zero-order valence-corrected chi connectivity index (χ0v) is 13.0. The zero-order valence-electron chi connectivity index (χ0n) is 12.1. The average Bonchev–Trinajstić information content (AvgIpc) is 2.79. The van der Waals surface area contributed by atoms with Crippen LogP contribution in [-0.2, 0) is 18.3 Å². The summed E-state index contributed by atoms with van der Waals surface area (Å²) in [6.45, 7) is 3.60. The molecule has 3 heterocycles. The summed E-state index contributed by atoms with van der Waals surface area (Å²) in [5.41, 5.74) is -0.555. The van der Waals surface area contributed by atoms with E-state index in [0.717, 1.165) is 0 Å². The highest BCUT2D eigenvalue weighted by atomic mass is 31.2. The molecule has 2 fully saturated rings. The normalized spacial score (nSPS) is 34.8. The lowest BCUT2D eigenvalue weighted by atomic mass is 10.1. The molecule has 0 aromatic carbocycles. The fourth-order valence-electron chi connectivity index (χ4n) is 2.63. The summed E-state index contributed by atoms with van der Waals surface area (Å²) in [5.74, 6) is -0.0588. The van der Waals surface area contributed by atoms with Crippen molar-refractivity contribution in [1.82, 2.24) is 9.55 Å². The molecule has 122 valence electrons. The molecule has 1 aromatic rings. The highest BCUT2D eigenvalue weighted by Crippen LogP contribution is 2.52. The number of aromatic nitrogens is 2. The van der Waals surface area contributed by atoms with Crippen molar-refractivity contribution in [3.05, 3.63) is 32.6 Å². The Morgan fingerprint density at radius 2 is 2.14 bits per heavy atom. The summed E-state index contributed by atoms with van der Waals surface area (Å²) in [6, 6.07) is 0. The number of phosphoric ester groups is 1. The lowest BCUT2D eigenvalue weighted by molar-refractivity contribution is -0.0680. The summed E-state index contributed by atoms with van der Waals surface area (Å²) in [4.78, 5) is 35.3. The number of hydrogen-bond donors (Lipinski definition) is 2. The van der Waals surface area contributed by atoms with E-state index >= 15 is 0 Å². The van der Waals surface area contributed by atoms with E-state index in [1.807, 2.05) is 13.8 Å². The fourth-order valence-corrected chi connectivity index (χ4v) is 3.59. The molecule has 1 unspecified atom stereocenters. The van der Waals surface area contributed by atoms with E-state index in [1.165, 1.54) is 10.8 Å². The minimum absolute atomic E-state index is 0.0588. The first-order valence-corrected chi connectivity index (χ1v) is 8.43. The van der Waals surface area contributed by atoms with Gasteiger partial charge in [0.15, 0.2) is 0 Å². The van der Waals surface area contributed by atoms with Crippen LogP contribution in [0.2, 0.25) is 0 Å². The average molecular weight is 332 g/mol. The van der Waals surface area contributed by atoms with Crippen LogP contribution in [0.5, 0.6) is 0 Å². The lowest BCUT2D eigenvalue weighted by Crippen LogP contribution is -2.34. The van der Waals surface area contributed by atoms with Gasteiger partial charge in [-0.2, -0.15) is 0 Å². The predicted molar refractivity (Wildman–Crippen MR) is 74.6 cm³/mol. The van der Waals surface area contributed by atoms with Crippen molar-refractivity contribution in [3.8, 4) is 0 Å². The largest absolute Gasteiger partial charge is 0.472 e. The van der Waals surface area contributed by atoms with E-state index in [1.54, 1.807) is 0 Å². The molecule has 22 heavy (non-hydrogen) atoms. The summed E-state index contributed by atoms with van der Waals surface area (Å²) < 4.78 is 28.0. The van der Waals surface area contributed by atoms with Crippen molar-refractivity contribution in [2.45, 2.75) is 44.6 Å².